The lowest BCUT2D eigenvalue weighted by Gasteiger charge is -2.38. The van der Waals surface area contributed by atoms with E-state index >= 15 is 0 Å². The molecule has 2 aliphatic rings. The summed E-state index contributed by atoms with van der Waals surface area (Å²) in [4.78, 5) is 5.59. The van der Waals surface area contributed by atoms with Crippen LogP contribution in [0.1, 0.15) is 29.3 Å². The Morgan fingerprint density at radius 3 is 2.96 bits per heavy atom. The lowest BCUT2D eigenvalue weighted by Crippen LogP contribution is -2.47. The largest absolute Gasteiger partial charge is 0.370 e. The minimum atomic E-state index is -0.659. The fraction of sp³-hybridized carbons (Fsp3) is 0.412. The van der Waals surface area contributed by atoms with Crippen molar-refractivity contribution in [1.29, 1.82) is 0 Å². The number of nitrogens with two attached hydrogens (primary N) is 1. The highest BCUT2D eigenvalue weighted by Gasteiger charge is 2.37. The third-order valence-corrected chi connectivity index (χ3v) is 4.94. The van der Waals surface area contributed by atoms with Crippen molar-refractivity contribution in [3.8, 4) is 0 Å². The number of aromatic nitrogens is 2. The maximum Gasteiger partial charge on any atom is 0.300 e. The van der Waals surface area contributed by atoms with Crippen LogP contribution in [0.4, 0.5) is 14.6 Å². The zero-order chi connectivity index (χ0) is 17.6. The molecule has 1 unspecified atom stereocenters. The van der Waals surface area contributed by atoms with Crippen molar-refractivity contribution in [1.82, 2.24) is 15.1 Å². The van der Waals surface area contributed by atoms with Crippen molar-refractivity contribution in [3.05, 3.63) is 58.1 Å². The van der Waals surface area contributed by atoms with Gasteiger partial charge in [-0.3, -0.25) is 4.90 Å². The molecule has 1 aromatic heterocycles. The van der Waals surface area contributed by atoms with Gasteiger partial charge in [0.15, 0.2) is 0 Å². The molecule has 2 aliphatic heterocycles. The Bertz CT molecular complexity index is 846. The minimum Gasteiger partial charge on any atom is -0.370 e. The summed E-state index contributed by atoms with van der Waals surface area (Å²) in [7, 11) is 0. The van der Waals surface area contributed by atoms with Crippen LogP contribution in [0.2, 0.25) is 0 Å². The molecule has 3 heterocycles. The highest BCUT2D eigenvalue weighted by atomic mass is 19.1. The average Bonchev–Trinajstić information content (AvgIpc) is 3.17. The molecule has 0 spiro atoms. The molecule has 0 aliphatic carbocycles. The second-order valence-electron chi connectivity index (χ2n) is 6.49. The van der Waals surface area contributed by atoms with Crippen molar-refractivity contribution in [3.63, 3.8) is 0 Å². The van der Waals surface area contributed by atoms with E-state index in [4.69, 9.17) is 17.0 Å². The number of nitrogens with one attached hydrogen (secondary N) is 1. The standard InChI is InChI=1S/C17H17F2N5O/c1-21-17-12-6-24(7-15(12)22-23-17)10-5-14(20)16(25-8-10)11-4-9(18)2-3-13(11)19/h2-4,10,14,16H,5-8,20H2,(H,22,23)/t10-,14+,16?/m1/s1. The summed E-state index contributed by atoms with van der Waals surface area (Å²) in [5, 5.41) is 6.88. The topological polar surface area (TPSA) is 71.5 Å². The van der Waals surface area contributed by atoms with E-state index in [1.165, 1.54) is 0 Å². The molecule has 3 atom stereocenters. The van der Waals surface area contributed by atoms with E-state index in [9.17, 15) is 8.78 Å². The fourth-order valence-electron chi connectivity index (χ4n) is 3.65. The Labute approximate surface area is 143 Å². The maximum absolute atomic E-state index is 14.0. The van der Waals surface area contributed by atoms with Crippen molar-refractivity contribution < 1.29 is 13.5 Å². The lowest BCUT2D eigenvalue weighted by atomic mass is 9.93. The van der Waals surface area contributed by atoms with Gasteiger partial charge in [0.05, 0.1) is 12.3 Å². The number of rotatable bonds is 2. The fourth-order valence-corrected chi connectivity index (χ4v) is 3.65. The first-order valence-corrected chi connectivity index (χ1v) is 8.06. The van der Waals surface area contributed by atoms with Gasteiger partial charge in [-0.25, -0.2) is 13.9 Å². The van der Waals surface area contributed by atoms with E-state index in [0.29, 0.717) is 31.9 Å². The number of hydrogen-bond acceptors (Lipinski definition) is 4. The predicted molar refractivity (Wildman–Crippen MR) is 85.5 cm³/mol. The Kier molecular flexibility index (Phi) is 4.00. The molecule has 0 bridgehead atoms. The first-order chi connectivity index (χ1) is 12.1. The van der Waals surface area contributed by atoms with E-state index in [0.717, 1.165) is 29.5 Å². The van der Waals surface area contributed by atoms with Crippen molar-refractivity contribution in [2.24, 2.45) is 5.73 Å². The van der Waals surface area contributed by atoms with Gasteiger partial charge in [-0.15, -0.1) is 0 Å². The smallest absolute Gasteiger partial charge is 0.300 e. The van der Waals surface area contributed by atoms with Crippen molar-refractivity contribution in [2.45, 2.75) is 37.7 Å². The normalized spacial score (nSPS) is 26.4. The monoisotopic (exact) mass is 345 g/mol. The molecule has 3 N–H and O–H groups in total. The third kappa shape index (κ3) is 2.80. The van der Waals surface area contributed by atoms with Gasteiger partial charge in [0.1, 0.15) is 17.7 Å². The van der Waals surface area contributed by atoms with Gasteiger partial charge < -0.3 is 15.3 Å². The second-order valence-corrected chi connectivity index (χ2v) is 6.49. The first-order valence-electron chi connectivity index (χ1n) is 8.06. The van der Waals surface area contributed by atoms with E-state index < -0.39 is 23.8 Å². The highest BCUT2D eigenvalue weighted by Crippen LogP contribution is 2.35. The summed E-state index contributed by atoms with van der Waals surface area (Å²) in [6.45, 7) is 8.78. The molecule has 2 aromatic rings. The Morgan fingerprint density at radius 2 is 2.20 bits per heavy atom. The van der Waals surface area contributed by atoms with Crippen molar-refractivity contribution >= 4 is 5.82 Å². The number of H-pyrrole nitrogens is 1. The summed E-state index contributed by atoms with van der Waals surface area (Å²) >= 11 is 0. The van der Waals surface area contributed by atoms with Crippen LogP contribution in [0, 0.1) is 18.2 Å². The molecule has 1 saturated heterocycles. The van der Waals surface area contributed by atoms with Crippen LogP contribution in [0.5, 0.6) is 0 Å². The number of aromatic amines is 1. The summed E-state index contributed by atoms with van der Waals surface area (Å²) in [5.74, 6) is -0.617. The predicted octanol–water partition coefficient (Wildman–Crippen LogP) is 2.41. The van der Waals surface area contributed by atoms with Crippen molar-refractivity contribution in [2.75, 3.05) is 6.61 Å². The Hall–Kier alpha value is -2.34. The van der Waals surface area contributed by atoms with E-state index in [-0.39, 0.29) is 11.6 Å². The number of nitrogens with zero attached hydrogens (tertiary/aromatic N) is 3. The van der Waals surface area contributed by atoms with Crippen LogP contribution >= 0.6 is 0 Å². The molecule has 8 heteroatoms. The van der Waals surface area contributed by atoms with Crippen LogP contribution in [0.3, 0.4) is 0 Å². The summed E-state index contributed by atoms with van der Waals surface area (Å²) in [6.07, 6.45) is -0.0565. The minimum absolute atomic E-state index is 0.0576. The van der Waals surface area contributed by atoms with Gasteiger partial charge >= 0.3 is 0 Å². The Morgan fingerprint density at radius 1 is 1.36 bits per heavy atom. The van der Waals surface area contributed by atoms with Crippen LogP contribution < -0.4 is 5.73 Å². The molecular weight excluding hydrogens is 328 g/mol. The lowest BCUT2D eigenvalue weighted by molar-refractivity contribution is -0.0532. The van der Waals surface area contributed by atoms with Gasteiger partial charge in [0.2, 0.25) is 0 Å². The van der Waals surface area contributed by atoms with Crippen LogP contribution in [-0.2, 0) is 17.8 Å². The van der Waals surface area contributed by atoms with Crippen LogP contribution in [0.15, 0.2) is 18.2 Å². The number of hydrogen-bond donors (Lipinski definition) is 2. The third-order valence-electron chi connectivity index (χ3n) is 4.94. The number of ether oxygens (including phenoxy) is 1. The number of benzene rings is 1. The molecular formula is C17H17F2N5O. The molecule has 0 saturated carbocycles. The summed E-state index contributed by atoms with van der Waals surface area (Å²) in [6, 6.07) is 2.94. The maximum atomic E-state index is 14.0. The second kappa shape index (κ2) is 6.19. The van der Waals surface area contributed by atoms with Gasteiger partial charge in [0, 0.05) is 36.3 Å². The average molecular weight is 345 g/mol. The quantitative estimate of drug-likeness (QED) is 0.820. The molecule has 0 radical (unpaired) electrons. The van der Waals surface area contributed by atoms with Gasteiger partial charge in [-0.1, -0.05) is 6.57 Å². The summed E-state index contributed by atoms with van der Waals surface area (Å²) < 4.78 is 33.2. The number of fused-ring (bicyclic) bond motifs is 1. The van der Waals surface area contributed by atoms with Crippen LogP contribution in [0.25, 0.3) is 4.85 Å². The zero-order valence-electron chi connectivity index (χ0n) is 13.4. The van der Waals surface area contributed by atoms with Gasteiger partial charge in [-0.05, 0) is 29.7 Å². The molecule has 4 rings (SSSR count). The van der Waals surface area contributed by atoms with Gasteiger partial charge in [-0.2, -0.15) is 0 Å². The Balaban J connectivity index is 1.47. The van der Waals surface area contributed by atoms with Gasteiger partial charge in [0.25, 0.3) is 5.82 Å². The first kappa shape index (κ1) is 16.1. The number of halogens is 2. The van der Waals surface area contributed by atoms with E-state index in [1.54, 1.807) is 0 Å². The zero-order valence-corrected chi connectivity index (χ0v) is 13.4. The van der Waals surface area contributed by atoms with E-state index in [1.807, 2.05) is 0 Å². The molecule has 1 aromatic carbocycles. The SMILES string of the molecule is [C-]#[N+]c1n[nH]c2c1CN([C@H]1COC(c3cc(F)ccc3F)[C@@H](N)C1)C2. The van der Waals surface area contributed by atoms with E-state index in [2.05, 4.69) is 19.9 Å². The highest BCUT2D eigenvalue weighted by molar-refractivity contribution is 5.49. The molecule has 0 amide bonds. The summed E-state index contributed by atoms with van der Waals surface area (Å²) in [5.41, 5.74) is 8.24. The molecule has 25 heavy (non-hydrogen) atoms. The molecule has 1 fully saturated rings. The van der Waals surface area contributed by atoms with Crippen LogP contribution in [-0.4, -0.2) is 33.8 Å². The molecule has 130 valence electrons. The molecule has 6 nitrogen and oxygen atoms in total.